The van der Waals surface area contributed by atoms with E-state index in [1.807, 2.05) is 31.2 Å². The van der Waals surface area contributed by atoms with Crippen molar-refractivity contribution in [2.24, 2.45) is 5.92 Å². The standard InChI is InChI=1S/C17H22ClNO3/c1-12(9-13-3-5-14(18)6-4-13)10-15(20)19-17(7-2-8-17)11-16(21)22/h3-6,12H,2,7-11H2,1H3,(H,19,20)(H,21,22). The molecular weight excluding hydrogens is 302 g/mol. The molecule has 1 aromatic carbocycles. The van der Waals surface area contributed by atoms with Crippen LogP contribution in [0.4, 0.5) is 0 Å². The molecule has 1 aromatic rings. The number of hydrogen-bond donors (Lipinski definition) is 2. The lowest BCUT2D eigenvalue weighted by Gasteiger charge is -2.41. The summed E-state index contributed by atoms with van der Waals surface area (Å²) in [4.78, 5) is 23.1. The Balaban J connectivity index is 1.83. The first-order valence-electron chi connectivity index (χ1n) is 7.66. The van der Waals surface area contributed by atoms with Crippen molar-refractivity contribution >= 4 is 23.5 Å². The molecule has 0 radical (unpaired) electrons. The molecule has 0 heterocycles. The highest BCUT2D eigenvalue weighted by Gasteiger charge is 2.40. The Kier molecular flexibility index (Phi) is 5.46. The van der Waals surface area contributed by atoms with E-state index in [2.05, 4.69) is 5.32 Å². The summed E-state index contributed by atoms with van der Waals surface area (Å²) in [5.74, 6) is -0.709. The summed E-state index contributed by atoms with van der Waals surface area (Å²) in [6.07, 6.45) is 3.73. The van der Waals surface area contributed by atoms with Crippen LogP contribution in [-0.2, 0) is 16.0 Å². The number of carbonyl (C=O) groups is 2. The summed E-state index contributed by atoms with van der Waals surface area (Å²) < 4.78 is 0. The molecule has 1 unspecified atom stereocenters. The minimum atomic E-state index is -0.853. The minimum Gasteiger partial charge on any atom is -0.481 e. The van der Waals surface area contributed by atoms with Gasteiger partial charge in [0.1, 0.15) is 0 Å². The third kappa shape index (κ3) is 4.73. The van der Waals surface area contributed by atoms with Gasteiger partial charge in [-0.3, -0.25) is 9.59 Å². The van der Waals surface area contributed by atoms with Crippen LogP contribution in [-0.4, -0.2) is 22.5 Å². The SMILES string of the molecule is CC(CC(=O)NC1(CC(=O)O)CCC1)Cc1ccc(Cl)cc1. The Hall–Kier alpha value is -1.55. The number of aliphatic carboxylic acids is 1. The van der Waals surface area contributed by atoms with Crippen LogP contribution < -0.4 is 5.32 Å². The lowest BCUT2D eigenvalue weighted by Crippen LogP contribution is -2.54. The van der Waals surface area contributed by atoms with Gasteiger partial charge in [-0.15, -0.1) is 0 Å². The summed E-state index contributed by atoms with van der Waals surface area (Å²) in [6.45, 7) is 2.03. The summed E-state index contributed by atoms with van der Waals surface area (Å²) in [5.41, 5.74) is 0.636. The van der Waals surface area contributed by atoms with E-state index >= 15 is 0 Å². The predicted molar refractivity (Wildman–Crippen MR) is 85.9 cm³/mol. The van der Waals surface area contributed by atoms with Gasteiger partial charge in [-0.25, -0.2) is 0 Å². The third-order valence-corrected chi connectivity index (χ3v) is 4.49. The fraction of sp³-hybridized carbons (Fsp3) is 0.529. The van der Waals surface area contributed by atoms with Gasteiger partial charge in [0, 0.05) is 11.4 Å². The van der Waals surface area contributed by atoms with E-state index in [-0.39, 0.29) is 18.2 Å². The Labute approximate surface area is 135 Å². The molecule has 0 aliphatic heterocycles. The Morgan fingerprint density at radius 1 is 1.32 bits per heavy atom. The number of hydrogen-bond acceptors (Lipinski definition) is 2. The van der Waals surface area contributed by atoms with Crippen molar-refractivity contribution in [3.63, 3.8) is 0 Å². The maximum Gasteiger partial charge on any atom is 0.305 e. The van der Waals surface area contributed by atoms with Gasteiger partial charge in [-0.05, 0) is 49.3 Å². The molecule has 120 valence electrons. The number of carboxylic acids is 1. The van der Waals surface area contributed by atoms with Crippen LogP contribution in [0.1, 0.15) is 44.6 Å². The molecule has 1 atom stereocenters. The molecule has 1 aliphatic carbocycles. The summed E-state index contributed by atoms with van der Waals surface area (Å²) in [7, 11) is 0. The van der Waals surface area contributed by atoms with Gasteiger partial charge in [-0.2, -0.15) is 0 Å². The van der Waals surface area contributed by atoms with Gasteiger partial charge < -0.3 is 10.4 Å². The Morgan fingerprint density at radius 2 is 1.95 bits per heavy atom. The minimum absolute atomic E-state index is 0.0182. The zero-order valence-electron chi connectivity index (χ0n) is 12.8. The fourth-order valence-corrected chi connectivity index (χ4v) is 3.12. The highest BCUT2D eigenvalue weighted by Crippen LogP contribution is 2.35. The lowest BCUT2D eigenvalue weighted by atomic mass is 9.74. The summed E-state index contributed by atoms with van der Waals surface area (Å²) in [6, 6.07) is 7.63. The quantitative estimate of drug-likeness (QED) is 0.808. The lowest BCUT2D eigenvalue weighted by molar-refractivity contribution is -0.140. The van der Waals surface area contributed by atoms with Gasteiger partial charge in [-0.1, -0.05) is 30.7 Å². The zero-order chi connectivity index (χ0) is 16.2. The second-order valence-electron chi connectivity index (χ2n) is 6.39. The molecule has 1 aliphatic rings. The molecule has 2 N–H and O–H groups in total. The predicted octanol–water partition coefficient (Wildman–Crippen LogP) is 3.42. The summed E-state index contributed by atoms with van der Waals surface area (Å²) >= 11 is 5.86. The van der Waals surface area contributed by atoms with Crippen LogP contribution in [0.15, 0.2) is 24.3 Å². The third-order valence-electron chi connectivity index (χ3n) is 4.24. The molecular formula is C17H22ClNO3. The van der Waals surface area contributed by atoms with Crippen molar-refractivity contribution in [1.82, 2.24) is 5.32 Å². The van der Waals surface area contributed by atoms with Crippen LogP contribution in [0.25, 0.3) is 0 Å². The van der Waals surface area contributed by atoms with Gasteiger partial charge in [0.2, 0.25) is 5.91 Å². The van der Waals surface area contributed by atoms with Gasteiger partial charge in [0.05, 0.1) is 12.0 Å². The fourth-order valence-electron chi connectivity index (χ4n) is 3.00. The van der Waals surface area contributed by atoms with Crippen LogP contribution >= 0.6 is 11.6 Å². The van der Waals surface area contributed by atoms with E-state index in [4.69, 9.17) is 16.7 Å². The second-order valence-corrected chi connectivity index (χ2v) is 6.83. The van der Waals surface area contributed by atoms with Crippen molar-refractivity contribution in [2.75, 3.05) is 0 Å². The topological polar surface area (TPSA) is 66.4 Å². The van der Waals surface area contributed by atoms with Crippen molar-refractivity contribution in [2.45, 2.75) is 51.0 Å². The molecule has 22 heavy (non-hydrogen) atoms. The first-order valence-corrected chi connectivity index (χ1v) is 8.04. The van der Waals surface area contributed by atoms with E-state index in [0.29, 0.717) is 11.4 Å². The van der Waals surface area contributed by atoms with E-state index in [0.717, 1.165) is 31.2 Å². The molecule has 0 spiro atoms. The van der Waals surface area contributed by atoms with E-state index in [1.165, 1.54) is 0 Å². The highest BCUT2D eigenvalue weighted by molar-refractivity contribution is 6.30. The van der Waals surface area contributed by atoms with Gasteiger partial charge in [0.15, 0.2) is 0 Å². The molecule has 0 bridgehead atoms. The monoisotopic (exact) mass is 323 g/mol. The van der Waals surface area contributed by atoms with Crippen LogP contribution in [0, 0.1) is 5.92 Å². The largest absolute Gasteiger partial charge is 0.481 e. The van der Waals surface area contributed by atoms with E-state index < -0.39 is 11.5 Å². The summed E-state index contributed by atoms with van der Waals surface area (Å²) in [5, 5.41) is 12.6. The molecule has 1 fully saturated rings. The van der Waals surface area contributed by atoms with Crippen molar-refractivity contribution in [3.05, 3.63) is 34.9 Å². The number of rotatable bonds is 7. The average Bonchev–Trinajstić information content (AvgIpc) is 2.38. The zero-order valence-corrected chi connectivity index (χ0v) is 13.5. The number of amides is 1. The number of halogens is 1. The molecule has 5 heteroatoms. The van der Waals surface area contributed by atoms with Crippen LogP contribution in [0.2, 0.25) is 5.02 Å². The van der Waals surface area contributed by atoms with Crippen LogP contribution in [0.3, 0.4) is 0 Å². The van der Waals surface area contributed by atoms with Gasteiger partial charge >= 0.3 is 5.97 Å². The molecule has 0 saturated heterocycles. The maximum absolute atomic E-state index is 12.2. The first kappa shape index (κ1) is 16.8. The Bertz CT molecular complexity index is 537. The van der Waals surface area contributed by atoms with Crippen LogP contribution in [0.5, 0.6) is 0 Å². The number of benzene rings is 1. The highest BCUT2D eigenvalue weighted by atomic mass is 35.5. The Morgan fingerprint density at radius 3 is 2.45 bits per heavy atom. The van der Waals surface area contributed by atoms with Gasteiger partial charge in [0.25, 0.3) is 0 Å². The average molecular weight is 324 g/mol. The van der Waals surface area contributed by atoms with E-state index in [1.54, 1.807) is 0 Å². The first-order chi connectivity index (χ1) is 10.4. The normalized spacial score (nSPS) is 17.4. The molecule has 0 aromatic heterocycles. The van der Waals surface area contributed by atoms with Crippen molar-refractivity contribution in [3.8, 4) is 0 Å². The van der Waals surface area contributed by atoms with Crippen molar-refractivity contribution < 1.29 is 14.7 Å². The van der Waals surface area contributed by atoms with Crippen molar-refractivity contribution in [1.29, 1.82) is 0 Å². The molecule has 2 rings (SSSR count). The second kappa shape index (κ2) is 7.14. The maximum atomic E-state index is 12.2. The number of carbonyl (C=O) groups excluding carboxylic acids is 1. The molecule has 1 saturated carbocycles. The molecule has 4 nitrogen and oxygen atoms in total. The van der Waals surface area contributed by atoms with E-state index in [9.17, 15) is 9.59 Å². The molecule has 1 amide bonds. The number of carboxylic acid groups (broad SMARTS) is 1. The number of nitrogens with one attached hydrogen (secondary N) is 1. The smallest absolute Gasteiger partial charge is 0.305 e.